The van der Waals surface area contributed by atoms with Crippen molar-refractivity contribution < 1.29 is 8.83 Å². The summed E-state index contributed by atoms with van der Waals surface area (Å²) in [4.78, 5) is 0. The van der Waals surface area contributed by atoms with E-state index in [2.05, 4.69) is 193 Å². The van der Waals surface area contributed by atoms with Crippen LogP contribution < -0.4 is 0 Å². The summed E-state index contributed by atoms with van der Waals surface area (Å²) in [5.41, 5.74) is 14.1. The molecule has 13 rings (SSSR count). The van der Waals surface area contributed by atoms with Gasteiger partial charge in [0.05, 0.1) is 11.0 Å². The van der Waals surface area contributed by atoms with Gasteiger partial charge in [-0.1, -0.05) is 121 Å². The number of hydrogen-bond donors (Lipinski definition) is 0. The lowest BCUT2D eigenvalue weighted by Crippen LogP contribution is -1.94. The molecule has 3 nitrogen and oxygen atoms in total. The summed E-state index contributed by atoms with van der Waals surface area (Å²) in [6.45, 7) is 0. The Labute approximate surface area is 338 Å². The minimum absolute atomic E-state index is 0.888. The number of furan rings is 2. The van der Waals surface area contributed by atoms with Crippen LogP contribution in [0.25, 0.3) is 126 Å². The molecule has 0 saturated heterocycles. The fourth-order valence-corrected chi connectivity index (χ4v) is 9.58. The van der Waals surface area contributed by atoms with Crippen molar-refractivity contribution in [2.45, 2.75) is 0 Å². The molecule has 3 heteroatoms. The van der Waals surface area contributed by atoms with Crippen LogP contribution in [0.1, 0.15) is 0 Å². The van der Waals surface area contributed by atoms with E-state index in [1.807, 2.05) is 12.1 Å². The van der Waals surface area contributed by atoms with Gasteiger partial charge in [-0.3, -0.25) is 0 Å². The maximum Gasteiger partial charge on any atom is 0.135 e. The Morgan fingerprint density at radius 2 is 0.780 bits per heavy atom. The van der Waals surface area contributed by atoms with Crippen molar-refractivity contribution in [2.75, 3.05) is 0 Å². The van der Waals surface area contributed by atoms with E-state index in [4.69, 9.17) is 8.83 Å². The Balaban J connectivity index is 0.923. The minimum atomic E-state index is 0.888. The summed E-state index contributed by atoms with van der Waals surface area (Å²) in [6.07, 6.45) is 0. The molecular weight excluding hydrogens is 719 g/mol. The average Bonchev–Trinajstić information content (AvgIpc) is 3.97. The highest BCUT2D eigenvalue weighted by Crippen LogP contribution is 2.41. The first-order chi connectivity index (χ1) is 29.2. The monoisotopic (exact) mass is 751 g/mol. The Morgan fingerprint density at radius 3 is 1.54 bits per heavy atom. The first-order valence-corrected chi connectivity index (χ1v) is 20.1. The molecule has 0 saturated carbocycles. The molecule has 0 radical (unpaired) electrons. The summed E-state index contributed by atoms with van der Waals surface area (Å²) in [6, 6.07) is 72.2. The fraction of sp³-hybridized carbons (Fsp3) is 0. The highest BCUT2D eigenvalue weighted by Gasteiger charge is 2.17. The number of hydrogen-bond acceptors (Lipinski definition) is 2. The Bertz CT molecular complexity index is 3860. The van der Waals surface area contributed by atoms with Crippen molar-refractivity contribution in [2.24, 2.45) is 0 Å². The fourth-order valence-electron chi connectivity index (χ4n) is 9.58. The molecule has 0 aliphatic heterocycles. The zero-order valence-electron chi connectivity index (χ0n) is 31.8. The highest BCUT2D eigenvalue weighted by molar-refractivity contribution is 6.16. The van der Waals surface area contributed by atoms with Crippen molar-refractivity contribution >= 4 is 87.2 Å². The van der Waals surface area contributed by atoms with E-state index in [0.717, 1.165) is 60.7 Å². The van der Waals surface area contributed by atoms with Gasteiger partial charge >= 0.3 is 0 Å². The van der Waals surface area contributed by atoms with Crippen molar-refractivity contribution in [3.05, 3.63) is 200 Å². The topological polar surface area (TPSA) is 31.2 Å². The van der Waals surface area contributed by atoms with E-state index in [9.17, 15) is 0 Å². The molecule has 274 valence electrons. The predicted octanol–water partition coefficient (Wildman–Crippen LogP) is 15.9. The SMILES string of the molecule is c1cc(-c2ccc3oc4ccc(-c5cc6ccccc6c6ccccc56)cc4c3c2)cc(-n2c3ccccc3c3cc(-c4ccc5oc6ccccc6c5c4)ccc32)c1. The Morgan fingerprint density at radius 1 is 0.271 bits per heavy atom. The van der Waals surface area contributed by atoms with E-state index in [-0.39, 0.29) is 0 Å². The molecule has 0 bridgehead atoms. The van der Waals surface area contributed by atoms with Gasteiger partial charge in [-0.25, -0.2) is 0 Å². The maximum absolute atomic E-state index is 6.44. The number of aromatic nitrogens is 1. The van der Waals surface area contributed by atoms with E-state index in [0.29, 0.717) is 0 Å². The number of nitrogens with zero attached hydrogens (tertiary/aromatic N) is 1. The summed E-state index contributed by atoms with van der Waals surface area (Å²) in [7, 11) is 0. The van der Waals surface area contributed by atoms with E-state index in [1.54, 1.807) is 0 Å². The number of benzene rings is 10. The molecule has 0 spiro atoms. The molecule has 0 fully saturated rings. The number of para-hydroxylation sites is 2. The van der Waals surface area contributed by atoms with E-state index in [1.165, 1.54) is 65.6 Å². The second kappa shape index (κ2) is 12.3. The zero-order chi connectivity index (χ0) is 38.6. The smallest absolute Gasteiger partial charge is 0.135 e. The molecule has 0 unspecified atom stereocenters. The molecule has 0 aliphatic rings. The largest absolute Gasteiger partial charge is 0.456 e. The van der Waals surface area contributed by atoms with Crippen LogP contribution in [0.5, 0.6) is 0 Å². The highest BCUT2D eigenvalue weighted by atomic mass is 16.3. The maximum atomic E-state index is 6.44. The summed E-state index contributed by atoms with van der Waals surface area (Å²) in [5, 5.41) is 12.0. The normalized spacial score (nSPS) is 12.1. The summed E-state index contributed by atoms with van der Waals surface area (Å²) < 4.78 is 15.0. The van der Waals surface area contributed by atoms with Gasteiger partial charge < -0.3 is 13.4 Å². The molecule has 59 heavy (non-hydrogen) atoms. The summed E-state index contributed by atoms with van der Waals surface area (Å²) in [5.74, 6) is 0. The molecular formula is C56H33NO2. The third-order valence-electron chi connectivity index (χ3n) is 12.4. The van der Waals surface area contributed by atoms with E-state index >= 15 is 0 Å². The zero-order valence-corrected chi connectivity index (χ0v) is 31.8. The first kappa shape index (κ1) is 32.2. The molecule has 0 N–H and O–H groups in total. The first-order valence-electron chi connectivity index (χ1n) is 20.1. The molecule has 10 aromatic carbocycles. The molecule has 3 aromatic heterocycles. The van der Waals surface area contributed by atoms with Crippen LogP contribution >= 0.6 is 0 Å². The third kappa shape index (κ3) is 4.89. The van der Waals surface area contributed by atoms with Crippen LogP contribution in [0.3, 0.4) is 0 Å². The number of fused-ring (bicyclic) bond motifs is 12. The molecule has 0 atom stereocenters. The van der Waals surface area contributed by atoms with Gasteiger partial charge in [0.25, 0.3) is 0 Å². The van der Waals surface area contributed by atoms with Gasteiger partial charge in [-0.05, 0) is 134 Å². The van der Waals surface area contributed by atoms with E-state index < -0.39 is 0 Å². The molecule has 0 amide bonds. The van der Waals surface area contributed by atoms with Gasteiger partial charge in [0, 0.05) is 38.0 Å². The lowest BCUT2D eigenvalue weighted by Gasteiger charge is -2.11. The van der Waals surface area contributed by atoms with Crippen LogP contribution in [-0.2, 0) is 0 Å². The van der Waals surface area contributed by atoms with Crippen LogP contribution in [0.2, 0.25) is 0 Å². The Kier molecular flexibility index (Phi) is 6.72. The van der Waals surface area contributed by atoms with Crippen LogP contribution in [0.15, 0.2) is 209 Å². The van der Waals surface area contributed by atoms with Gasteiger partial charge in [0.15, 0.2) is 0 Å². The van der Waals surface area contributed by atoms with Gasteiger partial charge in [0.1, 0.15) is 22.3 Å². The van der Waals surface area contributed by atoms with Gasteiger partial charge in [-0.2, -0.15) is 0 Å². The third-order valence-corrected chi connectivity index (χ3v) is 12.4. The van der Waals surface area contributed by atoms with Gasteiger partial charge in [-0.15, -0.1) is 0 Å². The quantitative estimate of drug-likeness (QED) is 0.168. The standard InChI is InChI=1S/C56H33NO2/c1-2-13-41-38(10-1)32-46(43-15-4-3-14-42(41)43)39-23-27-56-50(33-39)49-31-36(21-26-55(49)59-56)34-11-9-12-40(28-34)57-51-18-7-5-16-44(51)47-29-35(20-24-52(47)57)37-22-25-54-48(30-37)45-17-6-8-19-53(45)58-54/h1-33H. The lowest BCUT2D eigenvalue weighted by atomic mass is 9.92. The lowest BCUT2D eigenvalue weighted by molar-refractivity contribution is 0.668. The summed E-state index contributed by atoms with van der Waals surface area (Å²) >= 11 is 0. The second-order valence-corrected chi connectivity index (χ2v) is 15.7. The van der Waals surface area contributed by atoms with Crippen molar-refractivity contribution in [1.82, 2.24) is 4.57 Å². The van der Waals surface area contributed by atoms with Gasteiger partial charge in [0.2, 0.25) is 0 Å². The van der Waals surface area contributed by atoms with Crippen molar-refractivity contribution in [3.63, 3.8) is 0 Å². The Hall–Kier alpha value is -7.88. The van der Waals surface area contributed by atoms with Crippen LogP contribution in [-0.4, -0.2) is 4.57 Å². The average molecular weight is 752 g/mol. The molecule has 0 aliphatic carbocycles. The predicted molar refractivity (Wildman–Crippen MR) is 247 cm³/mol. The minimum Gasteiger partial charge on any atom is -0.456 e. The second-order valence-electron chi connectivity index (χ2n) is 15.7. The molecule has 13 aromatic rings. The molecule has 3 heterocycles. The van der Waals surface area contributed by atoms with Crippen molar-refractivity contribution in [3.8, 4) is 39.1 Å². The van der Waals surface area contributed by atoms with Crippen molar-refractivity contribution in [1.29, 1.82) is 0 Å². The van der Waals surface area contributed by atoms with Crippen LogP contribution in [0, 0.1) is 0 Å². The van der Waals surface area contributed by atoms with Crippen LogP contribution in [0.4, 0.5) is 0 Å². The number of rotatable bonds is 4.